The van der Waals surface area contributed by atoms with Gasteiger partial charge in [-0.3, -0.25) is 9.98 Å². The molecule has 0 unspecified atom stereocenters. The van der Waals surface area contributed by atoms with Gasteiger partial charge in [-0.25, -0.2) is 0 Å². The van der Waals surface area contributed by atoms with Crippen molar-refractivity contribution in [2.75, 3.05) is 7.05 Å². The van der Waals surface area contributed by atoms with Crippen molar-refractivity contribution in [2.45, 2.75) is 0 Å². The molecule has 0 amide bonds. The molecule has 0 bridgehead atoms. The summed E-state index contributed by atoms with van der Waals surface area (Å²) in [7, 11) is 1.68. The Morgan fingerprint density at radius 2 is 2.33 bits per heavy atom. The van der Waals surface area contributed by atoms with Crippen LogP contribution in [0.15, 0.2) is 20.7 Å². The summed E-state index contributed by atoms with van der Waals surface area (Å²) in [6.45, 7) is 0. The molecule has 0 saturated carbocycles. The van der Waals surface area contributed by atoms with Gasteiger partial charge in [0.05, 0.1) is 10.2 Å². The Morgan fingerprint density at radius 3 is 2.78 bits per heavy atom. The first-order valence-corrected chi connectivity index (χ1v) is 3.44. The number of rotatable bonds is 2. The van der Waals surface area contributed by atoms with Crippen LogP contribution in [-0.2, 0) is 0 Å². The summed E-state index contributed by atoms with van der Waals surface area (Å²) in [4.78, 5) is 7.36. The van der Waals surface area contributed by atoms with Gasteiger partial charge in [0, 0.05) is 19.5 Å². The van der Waals surface area contributed by atoms with Crippen molar-refractivity contribution in [3.8, 4) is 0 Å². The highest BCUT2D eigenvalue weighted by Crippen LogP contribution is 1.99. The van der Waals surface area contributed by atoms with E-state index in [2.05, 4.69) is 25.9 Å². The molecule has 0 spiro atoms. The highest BCUT2D eigenvalue weighted by molar-refractivity contribution is 9.12. The zero-order valence-corrected chi connectivity index (χ0v) is 7.22. The molecular weight excluding hydrogens is 203 g/mol. The molecule has 0 heterocycles. The van der Waals surface area contributed by atoms with E-state index < -0.39 is 0 Å². The maximum Gasteiger partial charge on any atom is 0.0926 e. The van der Waals surface area contributed by atoms with Crippen molar-refractivity contribution in [2.24, 2.45) is 9.98 Å². The number of aliphatic imine (C=N–C) groups is 2. The Morgan fingerprint density at radius 1 is 1.67 bits per heavy atom. The van der Waals surface area contributed by atoms with Gasteiger partial charge in [-0.1, -0.05) is 11.6 Å². The second-order valence-electron chi connectivity index (χ2n) is 1.15. The molecule has 0 fully saturated rings. The SMILES string of the molecule is C\N=C/C(Br)=C\N=C\Cl. The monoisotopic (exact) mass is 208 g/mol. The minimum atomic E-state index is 0.793. The number of halogens is 2. The Bertz CT molecular complexity index is 151. The minimum Gasteiger partial charge on any atom is -0.295 e. The molecule has 0 radical (unpaired) electrons. The molecule has 0 aromatic rings. The summed E-state index contributed by atoms with van der Waals surface area (Å²) in [5, 5.41) is 0. The molecule has 50 valence electrons. The van der Waals surface area contributed by atoms with E-state index in [1.807, 2.05) is 0 Å². The Balaban J connectivity index is 3.84. The first-order valence-electron chi connectivity index (χ1n) is 2.21. The molecule has 0 N–H and O–H groups in total. The lowest BCUT2D eigenvalue weighted by Crippen LogP contribution is -1.69. The summed E-state index contributed by atoms with van der Waals surface area (Å²) in [5.74, 6) is 0. The zero-order valence-electron chi connectivity index (χ0n) is 4.88. The van der Waals surface area contributed by atoms with Crippen LogP contribution in [0.4, 0.5) is 0 Å². The fourth-order valence-corrected chi connectivity index (χ4v) is 0.635. The van der Waals surface area contributed by atoms with Crippen molar-refractivity contribution >= 4 is 39.4 Å². The lowest BCUT2D eigenvalue weighted by Gasteiger charge is -1.79. The standard InChI is InChI=1S/C5H6BrClN2/c1-8-2-5(6)3-9-4-7/h2-4H,1H3/b5-3+,8-2-,9-4+. The van der Waals surface area contributed by atoms with E-state index in [1.54, 1.807) is 19.5 Å². The quantitative estimate of drug-likeness (QED) is 0.623. The van der Waals surface area contributed by atoms with Crippen LogP contribution in [0.25, 0.3) is 0 Å². The lowest BCUT2D eigenvalue weighted by atomic mass is 10.7. The van der Waals surface area contributed by atoms with Gasteiger partial charge in [0.25, 0.3) is 0 Å². The molecule has 0 aliphatic heterocycles. The van der Waals surface area contributed by atoms with Crippen LogP contribution in [-0.4, -0.2) is 18.9 Å². The van der Waals surface area contributed by atoms with Gasteiger partial charge in [0.2, 0.25) is 0 Å². The zero-order chi connectivity index (χ0) is 7.11. The van der Waals surface area contributed by atoms with Crippen LogP contribution in [0.5, 0.6) is 0 Å². The molecule has 0 rings (SSSR count). The lowest BCUT2D eigenvalue weighted by molar-refractivity contribution is 1.47. The molecular formula is C5H6BrClN2. The Hall–Kier alpha value is -0.150. The highest BCUT2D eigenvalue weighted by atomic mass is 79.9. The summed E-state index contributed by atoms with van der Waals surface area (Å²) in [5.41, 5.74) is 1.19. The van der Waals surface area contributed by atoms with E-state index >= 15 is 0 Å². The number of allylic oxidation sites excluding steroid dienone is 1. The van der Waals surface area contributed by atoms with Crippen LogP contribution < -0.4 is 0 Å². The third kappa shape index (κ3) is 5.73. The summed E-state index contributed by atoms with van der Waals surface area (Å²) >= 11 is 8.32. The second-order valence-corrected chi connectivity index (χ2v) is 2.26. The molecule has 0 atom stereocenters. The van der Waals surface area contributed by atoms with E-state index in [9.17, 15) is 0 Å². The third-order valence-electron chi connectivity index (χ3n) is 0.507. The van der Waals surface area contributed by atoms with E-state index in [0.29, 0.717) is 0 Å². The summed E-state index contributed by atoms with van der Waals surface area (Å²) in [6.07, 6.45) is 3.18. The molecule has 0 aliphatic carbocycles. The van der Waals surface area contributed by atoms with Crippen molar-refractivity contribution < 1.29 is 0 Å². The predicted octanol–water partition coefficient (Wildman–Crippen LogP) is 2.19. The molecule has 4 heteroatoms. The first-order chi connectivity index (χ1) is 4.31. The van der Waals surface area contributed by atoms with Crippen molar-refractivity contribution in [1.29, 1.82) is 0 Å². The Labute approximate surface area is 67.5 Å². The van der Waals surface area contributed by atoms with Crippen molar-refractivity contribution in [3.63, 3.8) is 0 Å². The maximum absolute atomic E-state index is 5.14. The average Bonchev–Trinajstić information content (AvgIpc) is 1.85. The van der Waals surface area contributed by atoms with E-state index in [0.717, 1.165) is 4.48 Å². The van der Waals surface area contributed by atoms with Crippen LogP contribution in [0.1, 0.15) is 0 Å². The van der Waals surface area contributed by atoms with Gasteiger partial charge >= 0.3 is 0 Å². The molecule has 9 heavy (non-hydrogen) atoms. The fraction of sp³-hybridized carbons (Fsp3) is 0.200. The van der Waals surface area contributed by atoms with E-state index in [1.165, 1.54) is 5.67 Å². The third-order valence-corrected chi connectivity index (χ3v) is 1.03. The summed E-state index contributed by atoms with van der Waals surface area (Å²) < 4.78 is 0.793. The van der Waals surface area contributed by atoms with Crippen LogP contribution >= 0.6 is 27.5 Å². The largest absolute Gasteiger partial charge is 0.295 e. The first kappa shape index (κ1) is 8.85. The van der Waals surface area contributed by atoms with Gasteiger partial charge in [0.15, 0.2) is 0 Å². The maximum atomic E-state index is 5.14. The van der Waals surface area contributed by atoms with Crippen molar-refractivity contribution in [1.82, 2.24) is 0 Å². The molecule has 0 aromatic carbocycles. The van der Waals surface area contributed by atoms with Crippen LogP contribution in [0, 0.1) is 0 Å². The smallest absolute Gasteiger partial charge is 0.0926 e. The van der Waals surface area contributed by atoms with Crippen molar-refractivity contribution in [3.05, 3.63) is 10.7 Å². The topological polar surface area (TPSA) is 24.7 Å². The average molecular weight is 209 g/mol. The molecule has 0 aliphatic rings. The predicted molar refractivity (Wildman–Crippen MR) is 45.8 cm³/mol. The molecule has 0 aromatic heterocycles. The number of nitrogens with zero attached hydrogens (tertiary/aromatic N) is 2. The fourth-order valence-electron chi connectivity index (χ4n) is 0.256. The van der Waals surface area contributed by atoms with Crippen LogP contribution in [0.2, 0.25) is 0 Å². The van der Waals surface area contributed by atoms with E-state index in [4.69, 9.17) is 11.6 Å². The Kier molecular flexibility index (Phi) is 5.88. The molecule has 2 nitrogen and oxygen atoms in total. The van der Waals surface area contributed by atoms with Gasteiger partial charge < -0.3 is 0 Å². The van der Waals surface area contributed by atoms with Gasteiger partial charge in [-0.2, -0.15) is 0 Å². The minimum absolute atomic E-state index is 0.793. The normalized spacial score (nSPS) is 13.9. The second kappa shape index (κ2) is 5.98. The van der Waals surface area contributed by atoms with Gasteiger partial charge in [0.1, 0.15) is 0 Å². The number of hydrogen-bond acceptors (Lipinski definition) is 2. The molecule has 0 saturated heterocycles. The van der Waals surface area contributed by atoms with Crippen LogP contribution in [0.3, 0.4) is 0 Å². The van der Waals surface area contributed by atoms with Gasteiger partial charge in [-0.15, -0.1) is 0 Å². The number of hydrogen-bond donors (Lipinski definition) is 0. The summed E-state index contributed by atoms with van der Waals surface area (Å²) in [6, 6.07) is 0. The van der Waals surface area contributed by atoms with E-state index in [-0.39, 0.29) is 0 Å². The highest BCUT2D eigenvalue weighted by Gasteiger charge is 1.78. The van der Waals surface area contributed by atoms with Gasteiger partial charge in [-0.05, 0) is 15.9 Å².